The smallest absolute Gasteiger partial charge is 0.299 e. The number of anilines is 2. The summed E-state index contributed by atoms with van der Waals surface area (Å²) in [7, 11) is 0. The second-order valence-corrected chi connectivity index (χ2v) is 7.15. The van der Waals surface area contributed by atoms with Crippen molar-refractivity contribution in [2.24, 2.45) is 0 Å². The maximum atomic E-state index is 11.8. The molecular weight excluding hydrogens is 417 g/mol. The third kappa shape index (κ3) is 3.80. The molecule has 4 nitrogen and oxygen atoms in total. The highest BCUT2D eigenvalue weighted by Crippen LogP contribution is 2.25. The second kappa shape index (κ2) is 6.54. The molecule has 0 saturated carbocycles. The first-order valence-electron chi connectivity index (χ1n) is 6.04. The number of rotatable bonds is 3. The van der Waals surface area contributed by atoms with Gasteiger partial charge in [0.15, 0.2) is 5.13 Å². The number of benzene rings is 1. The van der Waals surface area contributed by atoms with Crippen molar-refractivity contribution in [3.05, 3.63) is 50.7 Å². The van der Waals surface area contributed by atoms with Crippen LogP contribution in [0.2, 0.25) is 0 Å². The molecule has 21 heavy (non-hydrogen) atoms. The third-order valence-corrected chi connectivity index (χ3v) is 4.88. The second-order valence-electron chi connectivity index (χ2n) is 4.10. The zero-order valence-electron chi connectivity index (χ0n) is 10.7. The minimum absolute atomic E-state index is 0.277. The average Bonchev–Trinajstić information content (AvgIpc) is 3.11. The molecule has 106 valence electrons. The summed E-state index contributed by atoms with van der Waals surface area (Å²) in [5.74, 6) is 0. The molecule has 2 aromatic heterocycles. The lowest BCUT2D eigenvalue weighted by Gasteiger charge is -2.02. The molecule has 3 rings (SSSR count). The molecule has 2 heterocycles. The number of carbonyl (C=O) groups excluding carboxylic acids is 1. The number of amides is 2. The standard InChI is InChI=1S/C14H10IN3OS2/c15-10-5-3-9(4-6-10)11-8-21-14(16-11)18-13(19)17-12-2-1-7-20-12/h1-8H,(H2,16,17,18,19). The van der Waals surface area contributed by atoms with Crippen LogP contribution in [0.1, 0.15) is 0 Å². The van der Waals surface area contributed by atoms with Crippen LogP contribution >= 0.6 is 45.3 Å². The van der Waals surface area contributed by atoms with Crippen molar-refractivity contribution in [1.82, 2.24) is 4.98 Å². The van der Waals surface area contributed by atoms with Crippen LogP contribution in [0.25, 0.3) is 11.3 Å². The summed E-state index contributed by atoms with van der Waals surface area (Å²) < 4.78 is 1.18. The summed E-state index contributed by atoms with van der Waals surface area (Å²) in [6, 6.07) is 11.6. The van der Waals surface area contributed by atoms with E-state index in [0.29, 0.717) is 5.13 Å². The first-order chi connectivity index (χ1) is 10.2. The fourth-order valence-electron chi connectivity index (χ4n) is 1.67. The number of aromatic nitrogens is 1. The Morgan fingerprint density at radius 2 is 1.90 bits per heavy atom. The Balaban J connectivity index is 1.67. The zero-order valence-corrected chi connectivity index (χ0v) is 14.5. The maximum Gasteiger partial charge on any atom is 0.326 e. The monoisotopic (exact) mass is 427 g/mol. The minimum atomic E-state index is -0.277. The summed E-state index contributed by atoms with van der Waals surface area (Å²) in [5, 5.41) is 10.7. The predicted molar refractivity (Wildman–Crippen MR) is 97.2 cm³/mol. The number of urea groups is 1. The van der Waals surface area contributed by atoms with Crippen LogP contribution in [0.3, 0.4) is 0 Å². The van der Waals surface area contributed by atoms with Crippen molar-refractivity contribution < 1.29 is 4.79 Å². The van der Waals surface area contributed by atoms with E-state index in [2.05, 4.69) is 38.2 Å². The van der Waals surface area contributed by atoms with E-state index in [0.717, 1.165) is 16.3 Å². The van der Waals surface area contributed by atoms with Crippen LogP contribution in [0, 0.1) is 3.57 Å². The molecule has 0 atom stereocenters. The molecule has 0 saturated heterocycles. The Morgan fingerprint density at radius 1 is 1.10 bits per heavy atom. The van der Waals surface area contributed by atoms with Gasteiger partial charge in [0.25, 0.3) is 0 Å². The number of thiophene rings is 1. The van der Waals surface area contributed by atoms with Crippen molar-refractivity contribution >= 4 is 61.4 Å². The van der Waals surface area contributed by atoms with E-state index in [1.165, 1.54) is 26.2 Å². The van der Waals surface area contributed by atoms with Gasteiger partial charge in [0, 0.05) is 14.5 Å². The van der Waals surface area contributed by atoms with E-state index in [9.17, 15) is 4.79 Å². The van der Waals surface area contributed by atoms with Gasteiger partial charge in [-0.15, -0.1) is 22.7 Å². The molecule has 0 fully saturated rings. The van der Waals surface area contributed by atoms with Crippen molar-refractivity contribution in [1.29, 1.82) is 0 Å². The Bertz CT molecular complexity index is 738. The molecule has 2 amide bonds. The molecule has 2 N–H and O–H groups in total. The van der Waals surface area contributed by atoms with Gasteiger partial charge >= 0.3 is 6.03 Å². The Hall–Kier alpha value is -1.45. The van der Waals surface area contributed by atoms with Crippen molar-refractivity contribution in [2.45, 2.75) is 0 Å². The fourth-order valence-corrected chi connectivity index (χ4v) is 3.36. The molecule has 0 aliphatic heterocycles. The number of thiazole rings is 1. The van der Waals surface area contributed by atoms with E-state index in [4.69, 9.17) is 0 Å². The average molecular weight is 427 g/mol. The topological polar surface area (TPSA) is 54.0 Å². The summed E-state index contributed by atoms with van der Waals surface area (Å²) >= 11 is 5.15. The number of hydrogen-bond donors (Lipinski definition) is 2. The number of carbonyl (C=O) groups is 1. The maximum absolute atomic E-state index is 11.8. The summed E-state index contributed by atoms with van der Waals surface area (Å²) in [4.78, 5) is 16.2. The van der Waals surface area contributed by atoms with Gasteiger partial charge in [-0.05, 0) is 52.2 Å². The van der Waals surface area contributed by atoms with Gasteiger partial charge in [-0.2, -0.15) is 0 Å². The van der Waals surface area contributed by atoms with Crippen LogP contribution < -0.4 is 10.6 Å². The van der Waals surface area contributed by atoms with Crippen LogP contribution in [-0.2, 0) is 0 Å². The van der Waals surface area contributed by atoms with Gasteiger partial charge in [0.2, 0.25) is 0 Å². The molecule has 0 aliphatic carbocycles. The highest BCUT2D eigenvalue weighted by Gasteiger charge is 2.08. The van der Waals surface area contributed by atoms with Crippen LogP contribution in [0.4, 0.5) is 14.9 Å². The van der Waals surface area contributed by atoms with E-state index in [1.54, 1.807) is 0 Å². The summed E-state index contributed by atoms with van der Waals surface area (Å²) in [6.07, 6.45) is 0. The van der Waals surface area contributed by atoms with Gasteiger partial charge in [-0.25, -0.2) is 9.78 Å². The van der Waals surface area contributed by atoms with E-state index >= 15 is 0 Å². The summed E-state index contributed by atoms with van der Waals surface area (Å²) in [5.41, 5.74) is 1.90. The third-order valence-electron chi connectivity index (χ3n) is 2.62. The lowest BCUT2D eigenvalue weighted by Crippen LogP contribution is -2.18. The normalized spacial score (nSPS) is 10.3. The van der Waals surface area contributed by atoms with Gasteiger partial charge in [0.1, 0.15) is 0 Å². The lowest BCUT2D eigenvalue weighted by atomic mass is 10.2. The molecule has 0 radical (unpaired) electrons. The lowest BCUT2D eigenvalue weighted by molar-refractivity contribution is 0.262. The highest BCUT2D eigenvalue weighted by atomic mass is 127. The van der Waals surface area contributed by atoms with Crippen molar-refractivity contribution in [3.63, 3.8) is 0 Å². The van der Waals surface area contributed by atoms with Crippen LogP contribution in [0.15, 0.2) is 47.2 Å². The van der Waals surface area contributed by atoms with Gasteiger partial charge in [-0.1, -0.05) is 12.1 Å². The number of nitrogens with one attached hydrogen (secondary N) is 2. The first-order valence-corrected chi connectivity index (χ1v) is 8.87. The van der Waals surface area contributed by atoms with Crippen LogP contribution in [0.5, 0.6) is 0 Å². The van der Waals surface area contributed by atoms with E-state index < -0.39 is 0 Å². The zero-order chi connectivity index (χ0) is 14.7. The first kappa shape index (κ1) is 14.5. The Labute approximate surface area is 143 Å². The molecule has 1 aromatic carbocycles. The number of halogens is 1. The molecule has 3 aromatic rings. The molecule has 0 unspecified atom stereocenters. The number of nitrogens with zero attached hydrogens (tertiary/aromatic N) is 1. The summed E-state index contributed by atoms with van der Waals surface area (Å²) in [6.45, 7) is 0. The Kier molecular flexibility index (Phi) is 4.51. The molecular formula is C14H10IN3OS2. The van der Waals surface area contributed by atoms with E-state index in [-0.39, 0.29) is 6.03 Å². The van der Waals surface area contributed by atoms with Gasteiger partial charge in [-0.3, -0.25) is 10.6 Å². The number of hydrogen-bond acceptors (Lipinski definition) is 4. The molecule has 0 spiro atoms. The molecule has 0 aliphatic rings. The molecule has 7 heteroatoms. The van der Waals surface area contributed by atoms with Crippen molar-refractivity contribution in [2.75, 3.05) is 10.6 Å². The fraction of sp³-hybridized carbons (Fsp3) is 0. The van der Waals surface area contributed by atoms with Crippen LogP contribution in [-0.4, -0.2) is 11.0 Å². The quantitative estimate of drug-likeness (QED) is 0.571. The largest absolute Gasteiger partial charge is 0.326 e. The minimum Gasteiger partial charge on any atom is -0.299 e. The predicted octanol–water partition coefficient (Wildman–Crippen LogP) is 5.12. The molecule has 0 bridgehead atoms. The Morgan fingerprint density at radius 3 is 2.62 bits per heavy atom. The highest BCUT2D eigenvalue weighted by molar-refractivity contribution is 14.1. The SMILES string of the molecule is O=C(Nc1cccs1)Nc1nc(-c2ccc(I)cc2)cs1. The van der Waals surface area contributed by atoms with Gasteiger partial charge in [0.05, 0.1) is 10.7 Å². The van der Waals surface area contributed by atoms with Gasteiger partial charge < -0.3 is 0 Å². The van der Waals surface area contributed by atoms with Crippen molar-refractivity contribution in [3.8, 4) is 11.3 Å². The van der Waals surface area contributed by atoms with E-state index in [1.807, 2.05) is 47.2 Å².